The molecule has 3 nitrogen and oxygen atoms in total. The molecular formula is C14H16O3. The highest BCUT2D eigenvalue weighted by molar-refractivity contribution is 5.37. The van der Waals surface area contributed by atoms with E-state index < -0.39 is 11.4 Å². The lowest BCUT2D eigenvalue weighted by Gasteiger charge is -2.32. The minimum Gasteiger partial charge on any atom is -0.377 e. The zero-order valence-electron chi connectivity index (χ0n) is 9.96. The van der Waals surface area contributed by atoms with Gasteiger partial charge >= 0.3 is 0 Å². The van der Waals surface area contributed by atoms with Crippen molar-refractivity contribution in [3.8, 4) is 0 Å². The molecular weight excluding hydrogens is 216 g/mol. The summed E-state index contributed by atoms with van der Waals surface area (Å²) in [5.74, 6) is -0.874. The summed E-state index contributed by atoms with van der Waals surface area (Å²) in [6.07, 6.45) is 6.77. The number of ether oxygens (including phenoxy) is 2. The van der Waals surface area contributed by atoms with E-state index in [1.807, 2.05) is 30.3 Å². The molecule has 1 aromatic carbocycles. The van der Waals surface area contributed by atoms with Gasteiger partial charge in [-0.1, -0.05) is 30.3 Å². The van der Waals surface area contributed by atoms with Crippen LogP contribution in [0.15, 0.2) is 54.6 Å². The molecule has 0 fully saturated rings. The number of rotatable bonds is 3. The molecule has 0 saturated carbocycles. The molecule has 3 heteroatoms. The smallest absolute Gasteiger partial charge is 0.207 e. The lowest BCUT2D eigenvalue weighted by atomic mass is 9.88. The maximum absolute atomic E-state index is 10.5. The van der Waals surface area contributed by atoms with Crippen LogP contribution in [-0.4, -0.2) is 25.1 Å². The molecule has 0 aromatic heterocycles. The van der Waals surface area contributed by atoms with Crippen LogP contribution in [0, 0.1) is 0 Å². The first kappa shape index (κ1) is 12.0. The van der Waals surface area contributed by atoms with E-state index in [4.69, 9.17) is 9.47 Å². The Morgan fingerprint density at radius 3 is 1.88 bits per heavy atom. The molecule has 0 aliphatic heterocycles. The van der Waals surface area contributed by atoms with Crippen molar-refractivity contribution < 1.29 is 14.6 Å². The van der Waals surface area contributed by atoms with Crippen molar-refractivity contribution >= 4 is 0 Å². The number of hydrogen-bond donors (Lipinski definition) is 1. The Hall–Kier alpha value is -1.42. The summed E-state index contributed by atoms with van der Waals surface area (Å²) in [7, 11) is 3.12. The summed E-state index contributed by atoms with van der Waals surface area (Å²) >= 11 is 0. The summed E-state index contributed by atoms with van der Waals surface area (Å²) in [4.78, 5) is 0. The van der Waals surface area contributed by atoms with Crippen molar-refractivity contribution in [2.24, 2.45) is 0 Å². The fraction of sp³-hybridized carbons (Fsp3) is 0.286. The summed E-state index contributed by atoms with van der Waals surface area (Å²) in [5, 5.41) is 10.5. The lowest BCUT2D eigenvalue weighted by molar-refractivity contribution is -0.136. The third-order valence-electron chi connectivity index (χ3n) is 3.01. The molecule has 90 valence electrons. The highest BCUT2D eigenvalue weighted by atomic mass is 16.7. The SMILES string of the molecule is COC1(OC)C=CC(O)(c2ccccc2)C=C1. The summed E-state index contributed by atoms with van der Waals surface area (Å²) in [6.45, 7) is 0. The molecule has 0 spiro atoms. The van der Waals surface area contributed by atoms with E-state index in [0.717, 1.165) is 5.56 Å². The number of methoxy groups -OCH3 is 2. The third kappa shape index (κ3) is 2.17. The second kappa shape index (κ2) is 4.45. The first-order valence-corrected chi connectivity index (χ1v) is 5.43. The van der Waals surface area contributed by atoms with Crippen molar-refractivity contribution in [2.45, 2.75) is 11.4 Å². The first-order chi connectivity index (χ1) is 8.14. The Morgan fingerprint density at radius 2 is 1.41 bits per heavy atom. The minimum atomic E-state index is -1.10. The van der Waals surface area contributed by atoms with E-state index in [0.29, 0.717) is 0 Å². The largest absolute Gasteiger partial charge is 0.377 e. The fourth-order valence-electron chi connectivity index (χ4n) is 1.85. The van der Waals surface area contributed by atoms with Crippen LogP contribution >= 0.6 is 0 Å². The average molecular weight is 232 g/mol. The quantitative estimate of drug-likeness (QED) is 0.640. The molecule has 0 saturated heterocycles. The number of aliphatic hydroxyl groups is 1. The van der Waals surface area contributed by atoms with Crippen LogP contribution in [0.5, 0.6) is 0 Å². The molecule has 2 rings (SSSR count). The molecule has 0 heterocycles. The Labute approximate surface area is 101 Å². The van der Waals surface area contributed by atoms with E-state index in [9.17, 15) is 5.11 Å². The third-order valence-corrected chi connectivity index (χ3v) is 3.01. The summed E-state index contributed by atoms with van der Waals surface area (Å²) < 4.78 is 10.5. The second-order valence-electron chi connectivity index (χ2n) is 3.99. The fourth-order valence-corrected chi connectivity index (χ4v) is 1.85. The van der Waals surface area contributed by atoms with Crippen LogP contribution in [0.3, 0.4) is 0 Å². The van der Waals surface area contributed by atoms with Gasteiger partial charge in [0, 0.05) is 14.2 Å². The van der Waals surface area contributed by atoms with Gasteiger partial charge < -0.3 is 14.6 Å². The monoisotopic (exact) mass is 232 g/mol. The van der Waals surface area contributed by atoms with E-state index in [1.165, 1.54) is 0 Å². The molecule has 1 aromatic rings. The number of hydrogen-bond acceptors (Lipinski definition) is 3. The van der Waals surface area contributed by atoms with Gasteiger partial charge in [-0.15, -0.1) is 0 Å². The van der Waals surface area contributed by atoms with Crippen LogP contribution in [-0.2, 0) is 15.1 Å². The normalized spacial score (nSPS) is 20.4. The molecule has 0 unspecified atom stereocenters. The maximum Gasteiger partial charge on any atom is 0.207 e. The van der Waals surface area contributed by atoms with Crippen molar-refractivity contribution in [3.05, 3.63) is 60.2 Å². The lowest BCUT2D eigenvalue weighted by Crippen LogP contribution is -2.34. The Bertz CT molecular complexity index is 414. The van der Waals surface area contributed by atoms with Gasteiger partial charge in [0.2, 0.25) is 5.79 Å². The van der Waals surface area contributed by atoms with Crippen molar-refractivity contribution in [2.75, 3.05) is 14.2 Å². The van der Waals surface area contributed by atoms with Gasteiger partial charge in [0.15, 0.2) is 0 Å². The van der Waals surface area contributed by atoms with Gasteiger partial charge in [-0.3, -0.25) is 0 Å². The molecule has 0 bridgehead atoms. The van der Waals surface area contributed by atoms with Crippen LogP contribution < -0.4 is 0 Å². The van der Waals surface area contributed by atoms with E-state index in [2.05, 4.69) is 0 Å². The topological polar surface area (TPSA) is 38.7 Å². The highest BCUT2D eigenvalue weighted by Crippen LogP contribution is 2.32. The standard InChI is InChI=1S/C14H16O3/c1-16-14(17-2)10-8-13(15,9-11-14)12-6-4-3-5-7-12/h3-11,15H,1-2H3. The molecule has 0 amide bonds. The molecule has 17 heavy (non-hydrogen) atoms. The van der Waals surface area contributed by atoms with E-state index in [1.54, 1.807) is 38.5 Å². The van der Waals surface area contributed by atoms with Crippen LogP contribution in [0.4, 0.5) is 0 Å². The highest BCUT2D eigenvalue weighted by Gasteiger charge is 2.33. The van der Waals surface area contributed by atoms with Crippen molar-refractivity contribution in [3.63, 3.8) is 0 Å². The van der Waals surface area contributed by atoms with Gasteiger partial charge in [0.05, 0.1) is 0 Å². The van der Waals surface area contributed by atoms with Gasteiger partial charge in [-0.2, -0.15) is 0 Å². The molecule has 1 aliphatic rings. The Balaban J connectivity index is 2.31. The predicted molar refractivity (Wildman–Crippen MR) is 65.4 cm³/mol. The minimum absolute atomic E-state index is 0.813. The zero-order valence-corrected chi connectivity index (χ0v) is 9.96. The van der Waals surface area contributed by atoms with E-state index in [-0.39, 0.29) is 0 Å². The van der Waals surface area contributed by atoms with Gasteiger partial charge in [0.1, 0.15) is 5.60 Å². The van der Waals surface area contributed by atoms with Crippen molar-refractivity contribution in [1.82, 2.24) is 0 Å². The molecule has 1 aliphatic carbocycles. The predicted octanol–water partition coefficient (Wildman–Crippen LogP) is 1.99. The number of benzene rings is 1. The van der Waals surface area contributed by atoms with E-state index >= 15 is 0 Å². The van der Waals surface area contributed by atoms with Gasteiger partial charge in [-0.25, -0.2) is 0 Å². The molecule has 1 N–H and O–H groups in total. The van der Waals surface area contributed by atoms with Crippen LogP contribution in [0.1, 0.15) is 5.56 Å². The Morgan fingerprint density at radius 1 is 0.882 bits per heavy atom. The summed E-state index contributed by atoms with van der Waals surface area (Å²) in [6, 6.07) is 9.45. The van der Waals surface area contributed by atoms with Crippen molar-refractivity contribution in [1.29, 1.82) is 0 Å². The first-order valence-electron chi connectivity index (χ1n) is 5.43. The van der Waals surface area contributed by atoms with Gasteiger partial charge in [0.25, 0.3) is 0 Å². The molecule has 0 atom stereocenters. The average Bonchev–Trinajstić information content (AvgIpc) is 2.41. The summed E-state index contributed by atoms with van der Waals surface area (Å²) in [5.41, 5.74) is -0.282. The second-order valence-corrected chi connectivity index (χ2v) is 3.99. The van der Waals surface area contributed by atoms with Gasteiger partial charge in [-0.05, 0) is 29.9 Å². The zero-order chi connectivity index (χ0) is 12.4. The van der Waals surface area contributed by atoms with Crippen LogP contribution in [0.2, 0.25) is 0 Å². The Kier molecular flexibility index (Phi) is 3.15. The molecule has 0 radical (unpaired) electrons. The maximum atomic E-state index is 10.5. The van der Waals surface area contributed by atoms with Crippen LogP contribution in [0.25, 0.3) is 0 Å².